The van der Waals surface area contributed by atoms with Gasteiger partial charge < -0.3 is 22.5 Å². The van der Waals surface area contributed by atoms with Gasteiger partial charge in [0.1, 0.15) is 22.3 Å². The summed E-state index contributed by atoms with van der Waals surface area (Å²) in [6.07, 6.45) is 0. The molecule has 0 unspecified atom stereocenters. The van der Waals surface area contributed by atoms with Gasteiger partial charge in [0, 0.05) is 60.2 Å². The molecule has 274 valence electrons. The van der Waals surface area contributed by atoms with Crippen LogP contribution in [-0.2, 0) is 0 Å². The number of hydrogen-bond acceptors (Lipinski definition) is 2. The highest BCUT2D eigenvalue weighted by atomic mass is 16.3. The summed E-state index contributed by atoms with van der Waals surface area (Å²) in [5.74, 6) is 0. The van der Waals surface area contributed by atoms with E-state index in [4.69, 9.17) is 8.83 Å². The van der Waals surface area contributed by atoms with Gasteiger partial charge in [-0.25, -0.2) is 0 Å². The van der Waals surface area contributed by atoms with Crippen molar-refractivity contribution >= 4 is 109 Å². The van der Waals surface area contributed by atoms with E-state index >= 15 is 0 Å². The molecule has 0 radical (unpaired) electrons. The summed E-state index contributed by atoms with van der Waals surface area (Å²) in [4.78, 5) is 0. The average molecular weight is 754 g/mol. The monoisotopic (exact) mass is 753 g/mol. The van der Waals surface area contributed by atoms with Crippen molar-refractivity contribution in [3.8, 4) is 17.1 Å². The maximum atomic E-state index is 7.24. The van der Waals surface area contributed by atoms with Gasteiger partial charge in [0.25, 0.3) is 0 Å². The molecule has 0 aliphatic carbocycles. The molecule has 0 atom stereocenters. The lowest BCUT2D eigenvalue weighted by molar-refractivity contribution is 0.669. The Bertz CT molecular complexity index is 4080. The standard InChI is InChI=1S/C54H31N3O2/c1-2-12-32(13-3-1)55-43-18-8-4-14-35(43)41-30-33(22-26-46(41)55)56-44-19-9-5-16-39(44)51-47(56)27-24-37-38-25-28-48-52(54(38)59-53(37)51)40-17-6-10-20-45(40)57(48)34-23-29-50-42(31-34)36-15-7-11-21-49(36)58-50/h1-31H. The molecule has 5 aromatic heterocycles. The van der Waals surface area contributed by atoms with Gasteiger partial charge in [0.05, 0.1) is 43.9 Å². The number of hydrogen-bond donors (Lipinski definition) is 0. The van der Waals surface area contributed by atoms with Crippen LogP contribution in [0, 0.1) is 0 Å². The van der Waals surface area contributed by atoms with Crippen LogP contribution in [0.1, 0.15) is 0 Å². The van der Waals surface area contributed by atoms with Gasteiger partial charge in [-0.3, -0.25) is 0 Å². The number of fused-ring (bicyclic) bond motifs is 17. The number of rotatable bonds is 3. The van der Waals surface area contributed by atoms with E-state index in [2.05, 4.69) is 190 Å². The Morgan fingerprint density at radius 2 is 0.712 bits per heavy atom. The fourth-order valence-corrected chi connectivity index (χ4v) is 10.2. The summed E-state index contributed by atoms with van der Waals surface area (Å²) in [7, 11) is 0. The summed E-state index contributed by atoms with van der Waals surface area (Å²) in [5, 5.41) is 11.5. The predicted molar refractivity (Wildman–Crippen MR) is 244 cm³/mol. The normalized spacial score (nSPS) is 12.4. The Kier molecular flexibility index (Phi) is 5.96. The highest BCUT2D eigenvalue weighted by molar-refractivity contribution is 6.29. The molecule has 5 heterocycles. The molecule has 0 aliphatic rings. The van der Waals surface area contributed by atoms with E-state index in [0.29, 0.717) is 0 Å². The topological polar surface area (TPSA) is 41.1 Å². The number of benzene rings is 9. The zero-order valence-electron chi connectivity index (χ0n) is 31.6. The fourth-order valence-electron chi connectivity index (χ4n) is 10.2. The van der Waals surface area contributed by atoms with Gasteiger partial charge in [-0.2, -0.15) is 0 Å². The first kappa shape index (κ1) is 31.1. The van der Waals surface area contributed by atoms with E-state index in [1.165, 1.54) is 27.2 Å². The molecule has 0 bridgehead atoms. The molecule has 0 aliphatic heterocycles. The second-order valence-electron chi connectivity index (χ2n) is 15.6. The third kappa shape index (κ3) is 4.08. The van der Waals surface area contributed by atoms with E-state index in [-0.39, 0.29) is 0 Å². The first-order chi connectivity index (χ1) is 29.3. The molecule has 0 N–H and O–H groups in total. The maximum absolute atomic E-state index is 7.24. The molecular formula is C54H31N3O2. The van der Waals surface area contributed by atoms with E-state index in [0.717, 1.165) is 99.2 Å². The maximum Gasteiger partial charge on any atom is 0.145 e. The van der Waals surface area contributed by atoms with E-state index in [1.807, 2.05) is 12.1 Å². The molecule has 0 amide bonds. The number of aromatic nitrogens is 3. The molecule has 0 saturated heterocycles. The van der Waals surface area contributed by atoms with Crippen LogP contribution in [0.25, 0.3) is 126 Å². The fraction of sp³-hybridized carbons (Fsp3) is 0. The zero-order valence-corrected chi connectivity index (χ0v) is 31.6. The van der Waals surface area contributed by atoms with Gasteiger partial charge >= 0.3 is 0 Å². The van der Waals surface area contributed by atoms with Crippen molar-refractivity contribution in [2.45, 2.75) is 0 Å². The van der Waals surface area contributed by atoms with Crippen molar-refractivity contribution in [2.75, 3.05) is 0 Å². The summed E-state index contributed by atoms with van der Waals surface area (Å²) in [6.45, 7) is 0. The SMILES string of the molecule is c1ccc(-n2c3ccccc3c3cc(-n4c5ccccc5c5c6oc7c(ccc8c7c7ccccc7n8-c7ccc8oc9ccccc9c8c7)c6ccc54)ccc32)cc1. The van der Waals surface area contributed by atoms with Crippen molar-refractivity contribution in [3.63, 3.8) is 0 Å². The number of furan rings is 2. The van der Waals surface area contributed by atoms with Crippen LogP contribution in [0.5, 0.6) is 0 Å². The third-order valence-corrected chi connectivity index (χ3v) is 12.6. The van der Waals surface area contributed by atoms with Crippen LogP contribution >= 0.6 is 0 Å². The molecular weight excluding hydrogens is 723 g/mol. The lowest BCUT2D eigenvalue weighted by atomic mass is 10.1. The summed E-state index contributed by atoms with van der Waals surface area (Å²) in [5.41, 5.74) is 13.8. The Morgan fingerprint density at radius 1 is 0.254 bits per heavy atom. The van der Waals surface area contributed by atoms with Crippen molar-refractivity contribution < 1.29 is 8.83 Å². The Morgan fingerprint density at radius 3 is 1.37 bits per heavy atom. The number of para-hydroxylation sites is 5. The van der Waals surface area contributed by atoms with Gasteiger partial charge in [0.2, 0.25) is 0 Å². The predicted octanol–water partition coefficient (Wildman–Crippen LogP) is 14.8. The summed E-state index contributed by atoms with van der Waals surface area (Å²) in [6, 6.07) is 67.5. The first-order valence-electron chi connectivity index (χ1n) is 20.1. The molecule has 0 saturated carbocycles. The summed E-state index contributed by atoms with van der Waals surface area (Å²) >= 11 is 0. The largest absolute Gasteiger partial charge is 0.456 e. The highest BCUT2D eigenvalue weighted by Gasteiger charge is 2.23. The molecule has 59 heavy (non-hydrogen) atoms. The smallest absolute Gasteiger partial charge is 0.145 e. The lowest BCUT2D eigenvalue weighted by Crippen LogP contribution is -1.95. The van der Waals surface area contributed by atoms with Crippen molar-refractivity contribution in [1.82, 2.24) is 13.7 Å². The van der Waals surface area contributed by atoms with E-state index in [1.54, 1.807) is 0 Å². The van der Waals surface area contributed by atoms with Gasteiger partial charge in [-0.15, -0.1) is 0 Å². The number of nitrogens with zero attached hydrogens (tertiary/aromatic N) is 3. The van der Waals surface area contributed by atoms with Crippen LogP contribution in [0.2, 0.25) is 0 Å². The molecule has 5 heteroatoms. The molecule has 0 spiro atoms. The molecule has 14 rings (SSSR count). The Hall–Kier alpha value is -8.02. The van der Waals surface area contributed by atoms with Crippen LogP contribution < -0.4 is 0 Å². The van der Waals surface area contributed by atoms with Crippen molar-refractivity contribution in [3.05, 3.63) is 188 Å². The van der Waals surface area contributed by atoms with Crippen molar-refractivity contribution in [1.29, 1.82) is 0 Å². The second kappa shape index (κ2) is 11.3. The van der Waals surface area contributed by atoms with E-state index < -0.39 is 0 Å². The quantitative estimate of drug-likeness (QED) is 0.180. The molecule has 5 nitrogen and oxygen atoms in total. The molecule has 14 aromatic rings. The van der Waals surface area contributed by atoms with Gasteiger partial charge in [0.15, 0.2) is 0 Å². The minimum absolute atomic E-state index is 0.887. The first-order valence-corrected chi connectivity index (χ1v) is 20.1. The van der Waals surface area contributed by atoms with Gasteiger partial charge in [-0.05, 0) is 97.1 Å². The molecule has 9 aromatic carbocycles. The van der Waals surface area contributed by atoms with Gasteiger partial charge in [-0.1, -0.05) is 91.0 Å². The second-order valence-corrected chi connectivity index (χ2v) is 15.6. The highest BCUT2D eigenvalue weighted by Crippen LogP contribution is 2.45. The summed E-state index contributed by atoms with van der Waals surface area (Å²) < 4.78 is 20.6. The van der Waals surface area contributed by atoms with E-state index in [9.17, 15) is 0 Å². The van der Waals surface area contributed by atoms with Crippen LogP contribution in [0.3, 0.4) is 0 Å². The third-order valence-electron chi connectivity index (χ3n) is 12.6. The zero-order chi connectivity index (χ0) is 38.3. The molecule has 0 fully saturated rings. The Balaban J connectivity index is 1.03. The minimum atomic E-state index is 0.887. The van der Waals surface area contributed by atoms with Crippen LogP contribution in [0.4, 0.5) is 0 Å². The Labute approximate surface area is 335 Å². The lowest BCUT2D eigenvalue weighted by Gasteiger charge is -2.10. The minimum Gasteiger partial charge on any atom is -0.456 e. The van der Waals surface area contributed by atoms with Crippen LogP contribution in [0.15, 0.2) is 197 Å². The van der Waals surface area contributed by atoms with Crippen molar-refractivity contribution in [2.24, 2.45) is 0 Å². The van der Waals surface area contributed by atoms with Crippen LogP contribution in [-0.4, -0.2) is 13.7 Å². The average Bonchev–Trinajstić information content (AvgIpc) is 4.09.